The second kappa shape index (κ2) is 5.10. The van der Waals surface area contributed by atoms with Gasteiger partial charge in [-0.1, -0.05) is 6.42 Å². The summed E-state index contributed by atoms with van der Waals surface area (Å²) in [5.41, 5.74) is 5.79. The molecular weight excluding hydrogens is 268 g/mol. The smallest absolute Gasteiger partial charge is 0.225 e. The molecule has 2 rings (SSSR count). The standard InChI is InChI=1S/C11H17BrN4/c1-16(10-4-2-3-8(10)5-13)11-14-6-9(12)7-15-11/h6-8,10H,2-5,13H2,1H3. The van der Waals surface area contributed by atoms with E-state index in [2.05, 4.69) is 37.8 Å². The van der Waals surface area contributed by atoms with Crippen LogP contribution in [0.4, 0.5) is 5.95 Å². The van der Waals surface area contributed by atoms with Gasteiger partial charge < -0.3 is 10.6 Å². The van der Waals surface area contributed by atoms with E-state index in [1.807, 2.05) is 0 Å². The SMILES string of the molecule is CN(c1ncc(Br)cn1)C1CCCC1CN. The third-order valence-electron chi connectivity index (χ3n) is 3.34. The normalized spacial score (nSPS) is 24.7. The number of halogens is 1. The first-order chi connectivity index (χ1) is 7.72. The molecule has 4 nitrogen and oxygen atoms in total. The summed E-state index contributed by atoms with van der Waals surface area (Å²) in [5, 5.41) is 0. The topological polar surface area (TPSA) is 55.0 Å². The Morgan fingerprint density at radius 2 is 2.12 bits per heavy atom. The third-order valence-corrected chi connectivity index (χ3v) is 3.75. The van der Waals surface area contributed by atoms with Crippen molar-refractivity contribution >= 4 is 21.9 Å². The summed E-state index contributed by atoms with van der Waals surface area (Å²) in [6.07, 6.45) is 7.24. The quantitative estimate of drug-likeness (QED) is 0.920. The zero-order chi connectivity index (χ0) is 11.5. The van der Waals surface area contributed by atoms with E-state index in [0.717, 1.165) is 17.0 Å². The van der Waals surface area contributed by atoms with E-state index in [1.54, 1.807) is 12.4 Å². The molecule has 16 heavy (non-hydrogen) atoms. The van der Waals surface area contributed by atoms with Crippen LogP contribution >= 0.6 is 15.9 Å². The van der Waals surface area contributed by atoms with Crippen molar-refractivity contribution in [3.8, 4) is 0 Å². The second-order valence-electron chi connectivity index (χ2n) is 4.31. The maximum atomic E-state index is 5.79. The van der Waals surface area contributed by atoms with Gasteiger partial charge in [-0.2, -0.15) is 0 Å². The minimum Gasteiger partial charge on any atom is -0.341 e. The highest BCUT2D eigenvalue weighted by Crippen LogP contribution is 2.30. The molecule has 1 heterocycles. The summed E-state index contributed by atoms with van der Waals surface area (Å²) in [5.74, 6) is 1.37. The summed E-state index contributed by atoms with van der Waals surface area (Å²) in [6.45, 7) is 0.755. The number of hydrogen-bond donors (Lipinski definition) is 1. The van der Waals surface area contributed by atoms with E-state index >= 15 is 0 Å². The Kier molecular flexibility index (Phi) is 3.76. The van der Waals surface area contributed by atoms with Gasteiger partial charge in [0.15, 0.2) is 0 Å². The lowest BCUT2D eigenvalue weighted by molar-refractivity contribution is 0.469. The maximum absolute atomic E-state index is 5.79. The fraction of sp³-hybridized carbons (Fsp3) is 0.636. The van der Waals surface area contributed by atoms with E-state index in [4.69, 9.17) is 5.73 Å². The van der Waals surface area contributed by atoms with Gasteiger partial charge in [-0.15, -0.1) is 0 Å². The predicted molar refractivity (Wildman–Crippen MR) is 68.3 cm³/mol. The van der Waals surface area contributed by atoms with Crippen molar-refractivity contribution in [2.24, 2.45) is 11.7 Å². The largest absolute Gasteiger partial charge is 0.341 e. The highest BCUT2D eigenvalue weighted by atomic mass is 79.9. The molecule has 0 aliphatic heterocycles. The summed E-state index contributed by atoms with van der Waals surface area (Å²) < 4.78 is 0.909. The lowest BCUT2D eigenvalue weighted by Crippen LogP contribution is -2.38. The molecule has 0 aromatic carbocycles. The molecule has 1 aromatic heterocycles. The second-order valence-corrected chi connectivity index (χ2v) is 5.22. The van der Waals surface area contributed by atoms with Crippen molar-refractivity contribution < 1.29 is 0 Å². The molecule has 2 unspecified atom stereocenters. The third kappa shape index (κ3) is 2.35. The van der Waals surface area contributed by atoms with Crippen molar-refractivity contribution in [2.75, 3.05) is 18.5 Å². The molecule has 1 aliphatic carbocycles. The average molecular weight is 285 g/mol. The van der Waals surface area contributed by atoms with Crippen LogP contribution in [-0.2, 0) is 0 Å². The molecule has 1 saturated carbocycles. The molecule has 88 valence electrons. The van der Waals surface area contributed by atoms with Gasteiger partial charge in [0.2, 0.25) is 5.95 Å². The van der Waals surface area contributed by atoms with E-state index < -0.39 is 0 Å². The molecule has 2 N–H and O–H groups in total. The fourth-order valence-electron chi connectivity index (χ4n) is 2.44. The van der Waals surface area contributed by atoms with Gasteiger partial charge in [-0.05, 0) is 41.2 Å². The number of anilines is 1. The van der Waals surface area contributed by atoms with Gasteiger partial charge in [0.1, 0.15) is 0 Å². The average Bonchev–Trinajstić information content (AvgIpc) is 2.77. The Balaban J connectivity index is 2.12. The van der Waals surface area contributed by atoms with Crippen molar-refractivity contribution in [3.05, 3.63) is 16.9 Å². The van der Waals surface area contributed by atoms with E-state index in [9.17, 15) is 0 Å². The number of nitrogens with zero attached hydrogens (tertiary/aromatic N) is 3. The van der Waals surface area contributed by atoms with Crippen LogP contribution in [0.15, 0.2) is 16.9 Å². The molecule has 0 spiro atoms. The Hall–Kier alpha value is -0.680. The Bertz CT molecular complexity index is 340. The van der Waals surface area contributed by atoms with Crippen molar-refractivity contribution in [2.45, 2.75) is 25.3 Å². The monoisotopic (exact) mass is 284 g/mol. The number of aromatic nitrogens is 2. The Morgan fingerprint density at radius 3 is 2.75 bits per heavy atom. The molecule has 1 fully saturated rings. The zero-order valence-electron chi connectivity index (χ0n) is 9.43. The van der Waals surface area contributed by atoms with Crippen molar-refractivity contribution in [3.63, 3.8) is 0 Å². The fourth-order valence-corrected chi connectivity index (χ4v) is 2.64. The van der Waals surface area contributed by atoms with E-state index in [0.29, 0.717) is 12.0 Å². The summed E-state index contributed by atoms with van der Waals surface area (Å²) in [6, 6.07) is 0.492. The van der Waals surface area contributed by atoms with Gasteiger partial charge in [-0.3, -0.25) is 0 Å². The molecule has 0 bridgehead atoms. The van der Waals surface area contributed by atoms with Gasteiger partial charge in [0, 0.05) is 25.5 Å². The Labute approximate surface area is 104 Å². The van der Waals surface area contributed by atoms with Crippen molar-refractivity contribution in [1.82, 2.24) is 9.97 Å². The first kappa shape index (κ1) is 11.8. The lowest BCUT2D eigenvalue weighted by atomic mass is 10.0. The van der Waals surface area contributed by atoms with Gasteiger partial charge in [-0.25, -0.2) is 9.97 Å². The number of rotatable bonds is 3. The van der Waals surface area contributed by atoms with Crippen LogP contribution in [0, 0.1) is 5.92 Å². The molecular formula is C11H17BrN4. The Morgan fingerprint density at radius 1 is 1.44 bits per heavy atom. The van der Waals surface area contributed by atoms with Gasteiger partial charge in [0.05, 0.1) is 4.47 Å². The van der Waals surface area contributed by atoms with Crippen LogP contribution in [0.25, 0.3) is 0 Å². The molecule has 1 aromatic rings. The summed E-state index contributed by atoms with van der Waals surface area (Å²) >= 11 is 3.34. The van der Waals surface area contributed by atoms with Crippen LogP contribution in [0.1, 0.15) is 19.3 Å². The maximum Gasteiger partial charge on any atom is 0.225 e. The molecule has 0 amide bonds. The highest BCUT2D eigenvalue weighted by molar-refractivity contribution is 9.10. The summed E-state index contributed by atoms with van der Waals surface area (Å²) in [4.78, 5) is 10.8. The summed E-state index contributed by atoms with van der Waals surface area (Å²) in [7, 11) is 2.06. The molecule has 0 radical (unpaired) electrons. The first-order valence-corrected chi connectivity index (χ1v) is 6.42. The van der Waals surface area contributed by atoms with Crippen LogP contribution in [0.5, 0.6) is 0 Å². The molecule has 2 atom stereocenters. The van der Waals surface area contributed by atoms with Crippen molar-refractivity contribution in [1.29, 1.82) is 0 Å². The van der Waals surface area contributed by atoms with E-state index in [1.165, 1.54) is 19.3 Å². The molecule has 5 heteroatoms. The molecule has 0 saturated heterocycles. The highest BCUT2D eigenvalue weighted by Gasteiger charge is 2.30. The van der Waals surface area contributed by atoms with Crippen LogP contribution in [-0.4, -0.2) is 29.6 Å². The van der Waals surface area contributed by atoms with Gasteiger partial charge >= 0.3 is 0 Å². The predicted octanol–water partition coefficient (Wildman–Crippen LogP) is 1.80. The number of nitrogens with two attached hydrogens (primary N) is 1. The lowest BCUT2D eigenvalue weighted by Gasteiger charge is -2.29. The van der Waals surface area contributed by atoms with Crippen LogP contribution < -0.4 is 10.6 Å². The minimum atomic E-state index is 0.492. The minimum absolute atomic E-state index is 0.492. The zero-order valence-corrected chi connectivity index (χ0v) is 11.0. The first-order valence-electron chi connectivity index (χ1n) is 5.63. The van der Waals surface area contributed by atoms with E-state index in [-0.39, 0.29) is 0 Å². The van der Waals surface area contributed by atoms with Gasteiger partial charge in [0.25, 0.3) is 0 Å². The number of hydrogen-bond acceptors (Lipinski definition) is 4. The van der Waals surface area contributed by atoms with Crippen LogP contribution in [0.2, 0.25) is 0 Å². The molecule has 1 aliphatic rings. The van der Waals surface area contributed by atoms with Crippen LogP contribution in [0.3, 0.4) is 0 Å².